The molecule has 0 spiro atoms. The monoisotopic (exact) mass is 447 g/mol. The lowest BCUT2D eigenvalue weighted by Gasteiger charge is -2.09. The Bertz CT molecular complexity index is 1230. The summed E-state index contributed by atoms with van der Waals surface area (Å²) in [6, 6.07) is 20.2. The number of hydrogen-bond acceptors (Lipinski definition) is 5. The Hall–Kier alpha value is -4.15. The van der Waals surface area contributed by atoms with Crippen molar-refractivity contribution in [1.82, 2.24) is 0 Å². The first-order valence-electron chi connectivity index (χ1n) is 9.51. The van der Waals surface area contributed by atoms with Crippen molar-refractivity contribution < 1.29 is 14.5 Å². The molecule has 0 fully saturated rings. The zero-order chi connectivity index (χ0) is 23.1. The summed E-state index contributed by atoms with van der Waals surface area (Å²) in [5.74, 6) is -0.215. The fraction of sp³-hybridized carbons (Fsp3) is 0.0833. The van der Waals surface area contributed by atoms with Gasteiger partial charge >= 0.3 is 0 Å². The van der Waals surface area contributed by atoms with Gasteiger partial charge in [-0.3, -0.25) is 14.9 Å². The number of anilines is 1. The van der Waals surface area contributed by atoms with Crippen LogP contribution in [0, 0.1) is 28.4 Å². The number of benzene rings is 3. The average Bonchev–Trinajstić information content (AvgIpc) is 2.78. The fourth-order valence-corrected chi connectivity index (χ4v) is 3.02. The fourth-order valence-electron chi connectivity index (χ4n) is 2.78. The maximum Gasteiger partial charge on any atom is 0.271 e. The Labute approximate surface area is 189 Å². The number of aryl methyl sites for hydroxylation is 1. The van der Waals surface area contributed by atoms with E-state index in [9.17, 15) is 20.2 Å². The second-order valence-corrected chi connectivity index (χ2v) is 7.30. The number of nitro benzene ring substituents is 1. The van der Waals surface area contributed by atoms with E-state index in [-0.39, 0.29) is 16.9 Å². The number of nitrogens with zero attached hydrogens (tertiary/aromatic N) is 2. The summed E-state index contributed by atoms with van der Waals surface area (Å²) < 4.78 is 5.75. The van der Waals surface area contributed by atoms with Gasteiger partial charge in [-0.2, -0.15) is 5.26 Å². The van der Waals surface area contributed by atoms with Crippen molar-refractivity contribution in [3.05, 3.63) is 104 Å². The zero-order valence-corrected chi connectivity index (χ0v) is 17.8. The molecule has 3 rings (SSSR count). The Balaban J connectivity index is 1.71. The first kappa shape index (κ1) is 22.5. The van der Waals surface area contributed by atoms with Crippen molar-refractivity contribution in [3.8, 4) is 11.8 Å². The molecule has 7 nitrogen and oxygen atoms in total. The molecule has 3 aromatic carbocycles. The lowest BCUT2D eigenvalue weighted by Crippen LogP contribution is -2.13. The number of carbonyl (C=O) groups excluding carboxylic acids is 1. The minimum atomic E-state index is -0.691. The van der Waals surface area contributed by atoms with Crippen LogP contribution in [0.3, 0.4) is 0 Å². The van der Waals surface area contributed by atoms with Crippen LogP contribution in [-0.2, 0) is 11.4 Å². The van der Waals surface area contributed by atoms with Crippen molar-refractivity contribution >= 4 is 35.0 Å². The third-order valence-electron chi connectivity index (χ3n) is 4.46. The molecule has 0 aromatic heterocycles. The molecular weight excluding hydrogens is 430 g/mol. The molecule has 0 aliphatic rings. The summed E-state index contributed by atoms with van der Waals surface area (Å²) in [7, 11) is 0. The number of halogens is 1. The number of amides is 1. The van der Waals surface area contributed by atoms with Gasteiger partial charge in [-0.15, -0.1) is 0 Å². The number of hydrogen-bond donors (Lipinski definition) is 1. The number of nitro groups is 1. The number of nitriles is 1. The number of ether oxygens (including phenoxy) is 1. The highest BCUT2D eigenvalue weighted by atomic mass is 35.5. The van der Waals surface area contributed by atoms with E-state index in [1.807, 2.05) is 37.3 Å². The van der Waals surface area contributed by atoms with E-state index in [2.05, 4.69) is 5.32 Å². The van der Waals surface area contributed by atoms with Gasteiger partial charge in [0.05, 0.1) is 9.95 Å². The van der Waals surface area contributed by atoms with Crippen LogP contribution in [-0.4, -0.2) is 10.8 Å². The van der Waals surface area contributed by atoms with Gasteiger partial charge in [0, 0.05) is 17.8 Å². The van der Waals surface area contributed by atoms with Crippen molar-refractivity contribution in [1.29, 1.82) is 5.26 Å². The normalized spacial score (nSPS) is 10.8. The van der Waals surface area contributed by atoms with Crippen LogP contribution in [0.15, 0.2) is 72.3 Å². The van der Waals surface area contributed by atoms with Gasteiger partial charge in [0.2, 0.25) is 0 Å². The van der Waals surface area contributed by atoms with Gasteiger partial charge in [0.15, 0.2) is 0 Å². The predicted octanol–water partition coefficient (Wildman–Crippen LogP) is 5.68. The molecule has 32 heavy (non-hydrogen) atoms. The van der Waals surface area contributed by atoms with Crippen molar-refractivity contribution in [2.45, 2.75) is 13.5 Å². The molecule has 3 aromatic rings. The molecule has 0 saturated carbocycles. The van der Waals surface area contributed by atoms with E-state index in [1.165, 1.54) is 30.3 Å². The summed E-state index contributed by atoms with van der Waals surface area (Å²) in [5.41, 5.74) is 2.55. The Morgan fingerprint density at radius 1 is 1.19 bits per heavy atom. The van der Waals surface area contributed by atoms with Gasteiger partial charge in [0.1, 0.15) is 24.0 Å². The first-order chi connectivity index (χ1) is 15.4. The lowest BCUT2D eigenvalue weighted by atomic mass is 10.1. The van der Waals surface area contributed by atoms with E-state index < -0.39 is 10.8 Å². The quantitative estimate of drug-likeness (QED) is 0.217. The molecule has 0 unspecified atom stereocenters. The second-order valence-electron chi connectivity index (χ2n) is 6.90. The standard InChI is InChI=1S/C24H18ClN3O4/c1-16-5-7-17(8-6-16)15-32-23-10-9-18(12-22(23)25)11-19(14-26)24(29)27-20-3-2-4-21(13-20)28(30)31/h2-13H,15H2,1H3,(H,27,29)/b19-11+. The van der Waals surface area contributed by atoms with E-state index in [0.29, 0.717) is 22.9 Å². The van der Waals surface area contributed by atoms with Crippen LogP contribution in [0.25, 0.3) is 6.08 Å². The highest BCUT2D eigenvalue weighted by molar-refractivity contribution is 6.32. The van der Waals surface area contributed by atoms with Crippen molar-refractivity contribution in [2.75, 3.05) is 5.32 Å². The largest absolute Gasteiger partial charge is 0.487 e. The van der Waals surface area contributed by atoms with Crippen LogP contribution in [0.5, 0.6) is 5.75 Å². The van der Waals surface area contributed by atoms with Gasteiger partial charge < -0.3 is 10.1 Å². The second kappa shape index (κ2) is 10.2. The smallest absolute Gasteiger partial charge is 0.271 e. The molecule has 1 N–H and O–H groups in total. The SMILES string of the molecule is Cc1ccc(COc2ccc(/C=C(\C#N)C(=O)Nc3cccc([N+](=O)[O-])c3)cc2Cl)cc1. The zero-order valence-electron chi connectivity index (χ0n) is 17.0. The van der Waals surface area contributed by atoms with E-state index in [4.69, 9.17) is 16.3 Å². The van der Waals surface area contributed by atoms with Crippen LogP contribution >= 0.6 is 11.6 Å². The number of carbonyl (C=O) groups is 1. The molecule has 0 heterocycles. The minimum absolute atomic E-state index is 0.168. The Morgan fingerprint density at radius 3 is 2.59 bits per heavy atom. The molecule has 0 saturated heterocycles. The molecule has 8 heteroatoms. The summed E-state index contributed by atoms with van der Waals surface area (Å²) in [4.78, 5) is 22.7. The molecule has 160 valence electrons. The number of rotatable bonds is 7. The third kappa shape index (κ3) is 5.94. The summed E-state index contributed by atoms with van der Waals surface area (Å²) in [6.07, 6.45) is 1.38. The van der Waals surface area contributed by atoms with Crippen LogP contribution in [0.2, 0.25) is 5.02 Å². The van der Waals surface area contributed by atoms with Gasteiger partial charge in [-0.1, -0.05) is 53.6 Å². The number of nitrogens with one attached hydrogen (secondary N) is 1. The topological polar surface area (TPSA) is 105 Å². The van der Waals surface area contributed by atoms with Gasteiger partial charge in [-0.25, -0.2) is 0 Å². The van der Waals surface area contributed by atoms with E-state index in [0.717, 1.165) is 11.1 Å². The average molecular weight is 448 g/mol. The Morgan fingerprint density at radius 2 is 1.94 bits per heavy atom. The maximum absolute atomic E-state index is 12.4. The van der Waals surface area contributed by atoms with Crippen molar-refractivity contribution in [3.63, 3.8) is 0 Å². The predicted molar refractivity (Wildman–Crippen MR) is 122 cm³/mol. The minimum Gasteiger partial charge on any atom is -0.487 e. The highest BCUT2D eigenvalue weighted by Gasteiger charge is 2.13. The van der Waals surface area contributed by atoms with Gasteiger partial charge in [-0.05, 0) is 42.3 Å². The molecule has 0 aliphatic carbocycles. The lowest BCUT2D eigenvalue weighted by molar-refractivity contribution is -0.384. The summed E-state index contributed by atoms with van der Waals surface area (Å²) in [6.45, 7) is 2.36. The molecular formula is C24H18ClN3O4. The molecule has 0 radical (unpaired) electrons. The van der Waals surface area contributed by atoms with E-state index in [1.54, 1.807) is 18.2 Å². The Kier molecular flexibility index (Phi) is 7.21. The molecule has 0 atom stereocenters. The summed E-state index contributed by atoms with van der Waals surface area (Å²) >= 11 is 6.30. The molecule has 0 bridgehead atoms. The van der Waals surface area contributed by atoms with Crippen LogP contribution in [0.4, 0.5) is 11.4 Å². The molecule has 0 aliphatic heterocycles. The summed E-state index contributed by atoms with van der Waals surface area (Å²) in [5, 5.41) is 23.1. The maximum atomic E-state index is 12.4. The molecule has 1 amide bonds. The first-order valence-corrected chi connectivity index (χ1v) is 9.89. The third-order valence-corrected chi connectivity index (χ3v) is 4.76. The number of non-ortho nitro benzene ring substituents is 1. The van der Waals surface area contributed by atoms with Gasteiger partial charge in [0.25, 0.3) is 11.6 Å². The van der Waals surface area contributed by atoms with E-state index >= 15 is 0 Å². The van der Waals surface area contributed by atoms with Crippen molar-refractivity contribution in [2.24, 2.45) is 0 Å². The van der Waals surface area contributed by atoms with Crippen LogP contribution < -0.4 is 10.1 Å². The van der Waals surface area contributed by atoms with Crippen LogP contribution in [0.1, 0.15) is 16.7 Å². The highest BCUT2D eigenvalue weighted by Crippen LogP contribution is 2.27.